The Morgan fingerprint density at radius 3 is 3.05 bits per heavy atom. The number of benzene rings is 1. The van der Waals surface area contributed by atoms with E-state index in [1.807, 2.05) is 0 Å². The van der Waals surface area contributed by atoms with Crippen molar-refractivity contribution in [3.8, 4) is 0 Å². The van der Waals surface area contributed by atoms with Gasteiger partial charge in [0.05, 0.1) is 5.75 Å². The minimum Gasteiger partial charge on any atom is -0.481 e. The number of aromatic nitrogens is 2. The molecule has 0 fully saturated rings. The van der Waals surface area contributed by atoms with Gasteiger partial charge in [-0.1, -0.05) is 35.2 Å². The summed E-state index contributed by atoms with van der Waals surface area (Å²) in [6.45, 7) is 0. The van der Waals surface area contributed by atoms with Gasteiger partial charge in [-0.05, 0) is 42.9 Å². The second-order valence-electron chi connectivity index (χ2n) is 4.83. The maximum absolute atomic E-state index is 10.6. The fourth-order valence-corrected chi connectivity index (χ4v) is 3.94. The summed E-state index contributed by atoms with van der Waals surface area (Å²) in [5, 5.41) is 20.8. The van der Waals surface area contributed by atoms with E-state index < -0.39 is 5.97 Å². The molecule has 0 saturated heterocycles. The normalized spacial score (nSPS) is 13.7. The number of nitrogens with zero attached hydrogens (tertiary/aromatic N) is 2. The summed E-state index contributed by atoms with van der Waals surface area (Å²) in [4.78, 5) is 10.6. The van der Waals surface area contributed by atoms with Gasteiger partial charge in [-0.15, -0.1) is 10.2 Å². The van der Waals surface area contributed by atoms with Gasteiger partial charge in [0.1, 0.15) is 0 Å². The van der Waals surface area contributed by atoms with Gasteiger partial charge < -0.3 is 10.4 Å². The third-order valence-electron chi connectivity index (χ3n) is 3.36. The number of carboxylic acid groups (broad SMARTS) is 1. The van der Waals surface area contributed by atoms with Gasteiger partial charge in [-0.3, -0.25) is 4.79 Å². The number of carboxylic acids is 1. The van der Waals surface area contributed by atoms with E-state index in [2.05, 4.69) is 33.7 Å². The molecule has 7 heteroatoms. The van der Waals surface area contributed by atoms with Crippen molar-refractivity contribution >= 4 is 39.9 Å². The van der Waals surface area contributed by atoms with Gasteiger partial charge in [-0.2, -0.15) is 0 Å². The first-order chi connectivity index (χ1) is 10.2. The zero-order chi connectivity index (χ0) is 14.7. The van der Waals surface area contributed by atoms with E-state index >= 15 is 0 Å². The summed E-state index contributed by atoms with van der Waals surface area (Å²) in [6.07, 6.45) is 4.71. The summed E-state index contributed by atoms with van der Waals surface area (Å²) in [5.41, 5.74) is 3.88. The van der Waals surface area contributed by atoms with E-state index in [1.54, 1.807) is 0 Å². The first-order valence-electron chi connectivity index (χ1n) is 6.78. The van der Waals surface area contributed by atoms with Crippen LogP contribution in [0.25, 0.3) is 0 Å². The number of aliphatic carboxylic acids is 1. The van der Waals surface area contributed by atoms with Crippen LogP contribution in [-0.2, 0) is 17.6 Å². The van der Waals surface area contributed by atoms with Crippen LogP contribution in [0.5, 0.6) is 0 Å². The predicted molar refractivity (Wildman–Crippen MR) is 84.6 cm³/mol. The quantitative estimate of drug-likeness (QED) is 0.823. The number of nitrogens with one attached hydrogen (secondary N) is 1. The van der Waals surface area contributed by atoms with E-state index in [4.69, 9.17) is 5.11 Å². The molecule has 0 atom stereocenters. The smallest absolute Gasteiger partial charge is 0.313 e. The molecule has 1 aromatic heterocycles. The Kier molecular flexibility index (Phi) is 4.40. The number of rotatable bonds is 5. The molecule has 0 unspecified atom stereocenters. The van der Waals surface area contributed by atoms with Crippen molar-refractivity contribution in [2.45, 2.75) is 30.0 Å². The Bertz CT molecular complexity index is 657. The lowest BCUT2D eigenvalue weighted by atomic mass is 9.90. The SMILES string of the molecule is O=C(O)CSc1nnc(Nc2cccc3c2CCCC3)s1. The first-order valence-corrected chi connectivity index (χ1v) is 8.58. The topological polar surface area (TPSA) is 75.1 Å². The van der Waals surface area contributed by atoms with Crippen LogP contribution in [0.4, 0.5) is 10.8 Å². The van der Waals surface area contributed by atoms with E-state index in [0.717, 1.165) is 18.5 Å². The Hall–Kier alpha value is -1.60. The molecule has 1 aliphatic carbocycles. The molecule has 110 valence electrons. The number of carbonyl (C=O) groups is 1. The molecular weight excluding hydrogens is 306 g/mol. The Labute approximate surface area is 130 Å². The van der Waals surface area contributed by atoms with Crippen LogP contribution in [0.1, 0.15) is 24.0 Å². The molecule has 0 amide bonds. The molecule has 0 saturated carbocycles. The number of hydrogen-bond acceptors (Lipinski definition) is 6. The molecule has 0 spiro atoms. The minimum absolute atomic E-state index is 0.00929. The molecule has 0 radical (unpaired) electrons. The third-order valence-corrected chi connectivity index (χ3v) is 5.32. The average Bonchev–Trinajstić information content (AvgIpc) is 2.93. The van der Waals surface area contributed by atoms with Crippen molar-refractivity contribution in [2.24, 2.45) is 0 Å². The van der Waals surface area contributed by atoms with E-state index in [-0.39, 0.29) is 5.75 Å². The monoisotopic (exact) mass is 321 g/mol. The van der Waals surface area contributed by atoms with Crippen molar-refractivity contribution in [1.82, 2.24) is 10.2 Å². The van der Waals surface area contributed by atoms with Crippen LogP contribution < -0.4 is 5.32 Å². The van der Waals surface area contributed by atoms with Crippen LogP contribution >= 0.6 is 23.1 Å². The predicted octanol–water partition coefficient (Wildman–Crippen LogP) is 3.34. The molecule has 1 aromatic carbocycles. The maximum Gasteiger partial charge on any atom is 0.313 e. The lowest BCUT2D eigenvalue weighted by Crippen LogP contribution is -2.05. The van der Waals surface area contributed by atoms with E-state index in [0.29, 0.717) is 9.47 Å². The molecule has 1 aliphatic rings. The van der Waals surface area contributed by atoms with Crippen molar-refractivity contribution in [3.05, 3.63) is 29.3 Å². The number of thioether (sulfide) groups is 1. The Morgan fingerprint density at radius 2 is 2.19 bits per heavy atom. The van der Waals surface area contributed by atoms with Gasteiger partial charge >= 0.3 is 5.97 Å². The minimum atomic E-state index is -0.846. The van der Waals surface area contributed by atoms with Crippen LogP contribution in [-0.4, -0.2) is 27.0 Å². The molecule has 21 heavy (non-hydrogen) atoms. The molecule has 2 aromatic rings. The van der Waals surface area contributed by atoms with Crippen molar-refractivity contribution in [3.63, 3.8) is 0 Å². The fourth-order valence-electron chi connectivity index (χ4n) is 2.46. The second-order valence-corrected chi connectivity index (χ2v) is 7.03. The van der Waals surface area contributed by atoms with Crippen LogP contribution in [0.2, 0.25) is 0 Å². The standard InChI is InChI=1S/C14H15N3O2S2/c18-12(19)8-20-14-17-16-13(21-14)15-11-7-3-5-9-4-1-2-6-10(9)11/h3,5,7H,1-2,4,6,8H2,(H,15,16)(H,18,19). The highest BCUT2D eigenvalue weighted by Gasteiger charge is 2.14. The molecule has 1 heterocycles. The highest BCUT2D eigenvalue weighted by Crippen LogP contribution is 2.32. The molecular formula is C14H15N3O2S2. The second kappa shape index (κ2) is 6.44. The largest absolute Gasteiger partial charge is 0.481 e. The summed E-state index contributed by atoms with van der Waals surface area (Å²) in [7, 11) is 0. The van der Waals surface area contributed by atoms with Gasteiger partial charge in [0.15, 0.2) is 4.34 Å². The average molecular weight is 321 g/mol. The van der Waals surface area contributed by atoms with Gasteiger partial charge in [-0.25, -0.2) is 0 Å². The first kappa shape index (κ1) is 14.3. The van der Waals surface area contributed by atoms with Crippen molar-refractivity contribution in [2.75, 3.05) is 11.1 Å². The number of fused-ring (bicyclic) bond motifs is 1. The van der Waals surface area contributed by atoms with E-state index in [9.17, 15) is 4.79 Å². The molecule has 2 N–H and O–H groups in total. The lowest BCUT2D eigenvalue weighted by Gasteiger charge is -2.19. The highest BCUT2D eigenvalue weighted by molar-refractivity contribution is 8.01. The Balaban J connectivity index is 1.73. The fraction of sp³-hybridized carbons (Fsp3) is 0.357. The molecule has 0 aliphatic heterocycles. The zero-order valence-corrected chi connectivity index (χ0v) is 13.0. The summed E-state index contributed by atoms with van der Waals surface area (Å²) < 4.78 is 0.671. The van der Waals surface area contributed by atoms with Crippen molar-refractivity contribution < 1.29 is 9.90 Å². The van der Waals surface area contributed by atoms with E-state index in [1.165, 1.54) is 47.1 Å². The Morgan fingerprint density at radius 1 is 1.33 bits per heavy atom. The van der Waals surface area contributed by atoms with Crippen LogP contribution in [0, 0.1) is 0 Å². The number of aryl methyl sites for hydroxylation is 1. The van der Waals surface area contributed by atoms with Crippen LogP contribution in [0.3, 0.4) is 0 Å². The van der Waals surface area contributed by atoms with Crippen LogP contribution in [0.15, 0.2) is 22.5 Å². The van der Waals surface area contributed by atoms with Gasteiger partial charge in [0.2, 0.25) is 5.13 Å². The third kappa shape index (κ3) is 3.54. The van der Waals surface area contributed by atoms with Crippen molar-refractivity contribution in [1.29, 1.82) is 0 Å². The summed E-state index contributed by atoms with van der Waals surface area (Å²) >= 11 is 2.58. The zero-order valence-electron chi connectivity index (χ0n) is 11.3. The number of hydrogen-bond donors (Lipinski definition) is 2. The van der Waals surface area contributed by atoms with Gasteiger partial charge in [0.25, 0.3) is 0 Å². The maximum atomic E-state index is 10.6. The summed E-state index contributed by atoms with van der Waals surface area (Å²) in [6, 6.07) is 6.32. The lowest BCUT2D eigenvalue weighted by molar-refractivity contribution is -0.133. The molecule has 0 bridgehead atoms. The molecule has 5 nitrogen and oxygen atoms in total. The summed E-state index contributed by atoms with van der Waals surface area (Å²) in [5.74, 6) is -0.836. The number of anilines is 2. The highest BCUT2D eigenvalue weighted by atomic mass is 32.2. The van der Waals surface area contributed by atoms with Gasteiger partial charge in [0, 0.05) is 5.69 Å². The molecule has 3 rings (SSSR count).